The van der Waals surface area contributed by atoms with Gasteiger partial charge in [-0.3, -0.25) is 0 Å². The van der Waals surface area contributed by atoms with Crippen molar-refractivity contribution in [1.82, 2.24) is 0 Å². The topological polar surface area (TPSA) is 127 Å². The number of esters is 1. The van der Waals surface area contributed by atoms with Crippen LogP contribution in [0.5, 0.6) is 0 Å². The number of hydrogen-bond acceptors (Lipinski definition) is 7. The lowest BCUT2D eigenvalue weighted by atomic mass is 9.72. The van der Waals surface area contributed by atoms with Crippen LogP contribution in [0.3, 0.4) is 0 Å². The average Bonchev–Trinajstić information content (AvgIpc) is 2.36. The first-order valence-electron chi connectivity index (χ1n) is 5.17. The quantitative estimate of drug-likeness (QED) is 0.351. The third-order valence-electron chi connectivity index (χ3n) is 3.73. The minimum absolute atomic E-state index is 0.771. The minimum atomic E-state index is -2.21. The molecule has 0 aromatic heterocycles. The molecule has 0 bridgehead atoms. The summed E-state index contributed by atoms with van der Waals surface area (Å²) in [6.07, 6.45) is -3.34. The van der Waals surface area contributed by atoms with E-state index in [0.717, 1.165) is 13.8 Å². The fraction of sp³-hybridized carbons (Fsp3) is 0.900. The predicted molar refractivity (Wildman–Crippen MR) is 54.8 cm³/mol. The molecule has 5 atom stereocenters. The van der Waals surface area contributed by atoms with Gasteiger partial charge in [-0.2, -0.15) is 0 Å². The molecular weight excluding hydrogens is 232 g/mol. The zero-order valence-electron chi connectivity index (χ0n) is 9.91. The molecule has 0 aromatic carbocycles. The fourth-order valence-corrected chi connectivity index (χ4v) is 1.89. The van der Waals surface area contributed by atoms with Crippen LogP contribution in [0.1, 0.15) is 20.8 Å². The molecule has 17 heavy (non-hydrogen) atoms. The van der Waals surface area contributed by atoms with Crippen LogP contribution >= 0.6 is 0 Å². The highest BCUT2D eigenvalue weighted by molar-refractivity contribution is 5.84. The Morgan fingerprint density at radius 1 is 1.24 bits per heavy atom. The van der Waals surface area contributed by atoms with Crippen molar-refractivity contribution in [3.05, 3.63) is 0 Å². The van der Waals surface area contributed by atoms with E-state index in [1.54, 1.807) is 0 Å². The summed E-state index contributed by atoms with van der Waals surface area (Å²) in [4.78, 5) is 11.5. The summed E-state index contributed by atoms with van der Waals surface area (Å²) in [5, 5.41) is 47.9. The maximum Gasteiger partial charge on any atom is 0.341 e. The normalized spacial score (nSPS) is 45.5. The van der Waals surface area contributed by atoms with Crippen LogP contribution in [-0.2, 0) is 9.53 Å². The third kappa shape index (κ3) is 1.66. The van der Waals surface area contributed by atoms with E-state index in [9.17, 15) is 25.2 Å². The Hall–Kier alpha value is -0.730. The van der Waals surface area contributed by atoms with Crippen molar-refractivity contribution in [1.29, 1.82) is 0 Å². The van der Waals surface area contributed by atoms with Crippen LogP contribution < -0.4 is 0 Å². The zero-order chi connectivity index (χ0) is 13.6. The van der Waals surface area contributed by atoms with Crippen molar-refractivity contribution in [2.45, 2.75) is 49.8 Å². The highest BCUT2D eigenvalue weighted by Gasteiger charge is 2.71. The van der Waals surface area contributed by atoms with Gasteiger partial charge >= 0.3 is 5.97 Å². The van der Waals surface area contributed by atoms with Crippen molar-refractivity contribution in [2.24, 2.45) is 0 Å². The van der Waals surface area contributed by atoms with Gasteiger partial charge in [0.25, 0.3) is 0 Å². The average molecular weight is 250 g/mol. The van der Waals surface area contributed by atoms with E-state index in [4.69, 9.17) is 9.84 Å². The fourth-order valence-electron chi connectivity index (χ4n) is 1.89. The third-order valence-corrected chi connectivity index (χ3v) is 3.73. The van der Waals surface area contributed by atoms with Crippen LogP contribution in [0.2, 0.25) is 0 Å². The molecule has 1 fully saturated rings. The van der Waals surface area contributed by atoms with Crippen molar-refractivity contribution in [2.75, 3.05) is 6.61 Å². The summed E-state index contributed by atoms with van der Waals surface area (Å²) in [6, 6.07) is 0. The van der Waals surface area contributed by atoms with Gasteiger partial charge < -0.3 is 30.3 Å². The van der Waals surface area contributed by atoms with Crippen LogP contribution in [0.15, 0.2) is 0 Å². The maximum absolute atomic E-state index is 11.5. The second-order valence-corrected chi connectivity index (χ2v) is 4.84. The largest absolute Gasteiger partial charge is 0.451 e. The lowest BCUT2D eigenvalue weighted by Crippen LogP contribution is -2.65. The van der Waals surface area contributed by atoms with Crippen LogP contribution in [0, 0.1) is 0 Å². The molecule has 1 aliphatic heterocycles. The van der Waals surface area contributed by atoms with E-state index in [0.29, 0.717) is 0 Å². The van der Waals surface area contributed by atoms with Crippen molar-refractivity contribution in [3.63, 3.8) is 0 Å². The molecular formula is C10H18O7. The van der Waals surface area contributed by atoms with Gasteiger partial charge in [-0.15, -0.1) is 0 Å². The molecule has 0 aromatic rings. The smallest absolute Gasteiger partial charge is 0.341 e. The van der Waals surface area contributed by atoms with Crippen molar-refractivity contribution < 1.29 is 35.1 Å². The van der Waals surface area contributed by atoms with Crippen molar-refractivity contribution in [3.8, 4) is 0 Å². The number of carbonyl (C=O) groups is 1. The van der Waals surface area contributed by atoms with Gasteiger partial charge in [-0.05, 0) is 20.8 Å². The van der Waals surface area contributed by atoms with E-state index in [2.05, 4.69) is 0 Å². The van der Waals surface area contributed by atoms with E-state index in [1.807, 2.05) is 0 Å². The van der Waals surface area contributed by atoms with Crippen LogP contribution in [-0.4, -0.2) is 67.1 Å². The molecule has 1 heterocycles. The number of carbonyl (C=O) groups excluding carboxylic acids is 1. The summed E-state index contributed by atoms with van der Waals surface area (Å²) in [5.41, 5.74) is -6.25. The van der Waals surface area contributed by atoms with Gasteiger partial charge in [-0.25, -0.2) is 4.79 Å². The van der Waals surface area contributed by atoms with Gasteiger partial charge in [0.2, 0.25) is 0 Å². The maximum atomic E-state index is 11.5. The predicted octanol–water partition coefficient (Wildman–Crippen LogP) is -2.48. The molecule has 7 heteroatoms. The Morgan fingerprint density at radius 3 is 2.00 bits per heavy atom. The van der Waals surface area contributed by atoms with Crippen LogP contribution in [0.25, 0.3) is 0 Å². The second-order valence-electron chi connectivity index (χ2n) is 4.84. The van der Waals surface area contributed by atoms with Crippen molar-refractivity contribution >= 4 is 5.97 Å². The second kappa shape index (κ2) is 3.89. The minimum Gasteiger partial charge on any atom is -0.451 e. The number of hydrogen-bond donors (Lipinski definition) is 5. The molecule has 7 nitrogen and oxygen atoms in total. The Morgan fingerprint density at radius 2 is 1.71 bits per heavy atom. The number of aliphatic hydroxyl groups excluding tert-OH is 3. The van der Waals surface area contributed by atoms with Gasteiger partial charge in [-0.1, -0.05) is 0 Å². The van der Waals surface area contributed by atoms with Crippen LogP contribution in [0.4, 0.5) is 0 Å². The molecule has 0 amide bonds. The molecule has 4 unspecified atom stereocenters. The van der Waals surface area contributed by atoms with E-state index >= 15 is 0 Å². The molecule has 0 spiro atoms. The monoisotopic (exact) mass is 250 g/mol. The first-order chi connectivity index (χ1) is 7.52. The molecule has 1 saturated heterocycles. The van der Waals surface area contributed by atoms with Gasteiger partial charge in [0.1, 0.15) is 17.8 Å². The summed E-state index contributed by atoms with van der Waals surface area (Å²) in [5.74, 6) is -1.10. The SMILES string of the molecule is CC1(O)C(=O)O[C@@](C)(C(O)C(O)CO)C1(C)O. The molecule has 100 valence electrons. The summed E-state index contributed by atoms with van der Waals surface area (Å²) in [6.45, 7) is 2.58. The Kier molecular flexibility index (Phi) is 3.28. The molecule has 0 radical (unpaired) electrons. The Labute approximate surface area is 98.3 Å². The first-order valence-corrected chi connectivity index (χ1v) is 5.17. The van der Waals surface area contributed by atoms with Gasteiger partial charge in [0, 0.05) is 0 Å². The lowest BCUT2D eigenvalue weighted by Gasteiger charge is -2.42. The van der Waals surface area contributed by atoms with E-state index in [1.165, 1.54) is 6.92 Å². The standard InChI is InChI=1S/C10H18O7/c1-8(15)7(14)17-9(2,10(8,3)16)6(13)5(12)4-11/h5-6,11-13,15-16H,4H2,1-3H3/t5?,6?,8?,9-,10?/m0/s1. The first kappa shape index (κ1) is 14.3. The summed E-state index contributed by atoms with van der Waals surface area (Å²) < 4.78 is 4.80. The number of cyclic esters (lactones) is 1. The summed E-state index contributed by atoms with van der Waals surface area (Å²) >= 11 is 0. The lowest BCUT2D eigenvalue weighted by molar-refractivity contribution is -0.210. The highest BCUT2D eigenvalue weighted by Crippen LogP contribution is 2.45. The molecule has 1 rings (SSSR count). The van der Waals surface area contributed by atoms with Gasteiger partial charge in [0.15, 0.2) is 11.2 Å². The zero-order valence-corrected chi connectivity index (χ0v) is 9.91. The van der Waals surface area contributed by atoms with Gasteiger partial charge in [0.05, 0.1) is 6.61 Å². The Bertz CT molecular complexity index is 325. The number of ether oxygens (including phenoxy) is 1. The molecule has 0 aliphatic carbocycles. The molecule has 0 saturated carbocycles. The highest BCUT2D eigenvalue weighted by atomic mass is 16.6. The Balaban J connectivity index is 3.18. The summed E-state index contributed by atoms with van der Waals surface area (Å²) in [7, 11) is 0. The van der Waals surface area contributed by atoms with E-state index in [-0.39, 0.29) is 0 Å². The molecule has 5 N–H and O–H groups in total. The number of rotatable bonds is 3. The molecule has 1 aliphatic rings. The number of aliphatic hydroxyl groups is 5. The van der Waals surface area contributed by atoms with E-state index < -0.39 is 41.6 Å².